The van der Waals surface area contributed by atoms with Crippen LogP contribution in [0.1, 0.15) is 63.9 Å². The average Bonchev–Trinajstić information content (AvgIpc) is 2.64. The van der Waals surface area contributed by atoms with Gasteiger partial charge in [-0.15, -0.1) is 0 Å². The first-order valence-electron chi connectivity index (χ1n) is 9.80. The van der Waals surface area contributed by atoms with Crippen molar-refractivity contribution in [2.24, 2.45) is 5.92 Å². The van der Waals surface area contributed by atoms with Crippen LogP contribution in [0.25, 0.3) is 0 Å². The smallest absolute Gasteiger partial charge is 0.410 e. The van der Waals surface area contributed by atoms with Crippen molar-refractivity contribution in [3.05, 3.63) is 35.9 Å². The molecule has 0 spiro atoms. The molecule has 1 amide bonds. The van der Waals surface area contributed by atoms with Gasteiger partial charge in [0, 0.05) is 12.1 Å². The summed E-state index contributed by atoms with van der Waals surface area (Å²) < 4.78 is 5.67. The molecule has 0 unspecified atom stereocenters. The molecule has 2 saturated carbocycles. The van der Waals surface area contributed by atoms with Gasteiger partial charge in [0.25, 0.3) is 0 Å². The molecule has 0 aliphatic heterocycles. The maximum atomic E-state index is 12.9. The van der Waals surface area contributed by atoms with Crippen LogP contribution in [0.5, 0.6) is 0 Å². The standard InChI is InChI=1S/C21H31NO3/c1-16-7-9-18(10-8-16)22(19-11-13-20(23)14-12-19)21(24)25-15-17-5-3-2-4-6-17/h2-6,16,18-20,23H,7-15H2,1H3. The quantitative estimate of drug-likeness (QED) is 0.873. The third kappa shape index (κ3) is 4.97. The summed E-state index contributed by atoms with van der Waals surface area (Å²) in [4.78, 5) is 14.9. The lowest BCUT2D eigenvalue weighted by molar-refractivity contribution is 0.0208. The van der Waals surface area contributed by atoms with Crippen LogP contribution in [0.3, 0.4) is 0 Å². The van der Waals surface area contributed by atoms with E-state index in [0.29, 0.717) is 12.6 Å². The molecule has 2 fully saturated rings. The topological polar surface area (TPSA) is 49.8 Å². The predicted molar refractivity (Wildman–Crippen MR) is 98.1 cm³/mol. The summed E-state index contributed by atoms with van der Waals surface area (Å²) in [5.74, 6) is 0.756. The fourth-order valence-electron chi connectivity index (χ4n) is 4.25. The zero-order valence-electron chi connectivity index (χ0n) is 15.3. The largest absolute Gasteiger partial charge is 0.445 e. The second-order valence-electron chi connectivity index (χ2n) is 7.82. The van der Waals surface area contributed by atoms with Crippen LogP contribution >= 0.6 is 0 Å². The molecule has 0 radical (unpaired) electrons. The van der Waals surface area contributed by atoms with Crippen LogP contribution in [-0.4, -0.2) is 34.3 Å². The Kier molecular flexibility index (Phi) is 6.35. The number of hydrogen-bond donors (Lipinski definition) is 1. The molecule has 0 aromatic heterocycles. The molecule has 1 aromatic rings. The van der Waals surface area contributed by atoms with Crippen molar-refractivity contribution >= 4 is 6.09 Å². The van der Waals surface area contributed by atoms with Gasteiger partial charge in [-0.2, -0.15) is 0 Å². The van der Waals surface area contributed by atoms with Crippen molar-refractivity contribution in [3.63, 3.8) is 0 Å². The molecule has 1 aromatic carbocycles. The summed E-state index contributed by atoms with van der Waals surface area (Å²) in [6, 6.07) is 10.4. The second-order valence-corrected chi connectivity index (χ2v) is 7.82. The highest BCUT2D eigenvalue weighted by molar-refractivity contribution is 5.68. The third-order valence-electron chi connectivity index (χ3n) is 5.85. The fraction of sp³-hybridized carbons (Fsp3) is 0.667. The Morgan fingerprint density at radius 2 is 1.56 bits per heavy atom. The van der Waals surface area contributed by atoms with E-state index in [0.717, 1.165) is 50.0 Å². The van der Waals surface area contributed by atoms with Gasteiger partial charge in [0.15, 0.2) is 0 Å². The van der Waals surface area contributed by atoms with Gasteiger partial charge in [0.1, 0.15) is 6.61 Å². The number of amides is 1. The molecule has 4 heteroatoms. The highest BCUT2D eigenvalue weighted by atomic mass is 16.6. The van der Waals surface area contributed by atoms with E-state index in [4.69, 9.17) is 4.74 Å². The molecule has 4 nitrogen and oxygen atoms in total. The SMILES string of the molecule is CC1CCC(N(C(=O)OCc2ccccc2)C2CCC(O)CC2)CC1. The van der Waals surface area contributed by atoms with Crippen molar-refractivity contribution in [1.29, 1.82) is 0 Å². The molecule has 0 saturated heterocycles. The molecule has 1 N–H and O–H groups in total. The number of nitrogens with zero attached hydrogens (tertiary/aromatic N) is 1. The van der Waals surface area contributed by atoms with E-state index in [9.17, 15) is 9.90 Å². The Balaban J connectivity index is 1.65. The highest BCUT2D eigenvalue weighted by Gasteiger charge is 2.35. The normalized spacial score (nSPS) is 29.8. The number of carbonyl (C=O) groups is 1. The predicted octanol–water partition coefficient (Wildman–Crippen LogP) is 4.51. The van der Waals surface area contributed by atoms with Crippen LogP contribution < -0.4 is 0 Å². The van der Waals surface area contributed by atoms with E-state index in [1.165, 1.54) is 12.8 Å². The number of carbonyl (C=O) groups excluding carboxylic acids is 1. The van der Waals surface area contributed by atoms with Gasteiger partial charge >= 0.3 is 6.09 Å². The van der Waals surface area contributed by atoms with Gasteiger partial charge in [-0.3, -0.25) is 0 Å². The van der Waals surface area contributed by atoms with E-state index in [-0.39, 0.29) is 18.2 Å². The summed E-state index contributed by atoms with van der Waals surface area (Å²) in [6.45, 7) is 2.62. The van der Waals surface area contributed by atoms with E-state index < -0.39 is 0 Å². The van der Waals surface area contributed by atoms with Crippen LogP contribution in [0.15, 0.2) is 30.3 Å². The summed E-state index contributed by atoms with van der Waals surface area (Å²) in [5.41, 5.74) is 1.02. The maximum Gasteiger partial charge on any atom is 0.410 e. The molecular formula is C21H31NO3. The van der Waals surface area contributed by atoms with Gasteiger partial charge in [0.2, 0.25) is 0 Å². The van der Waals surface area contributed by atoms with Crippen LogP contribution in [0.4, 0.5) is 4.79 Å². The Morgan fingerprint density at radius 3 is 2.16 bits per heavy atom. The minimum absolute atomic E-state index is 0.176. The summed E-state index contributed by atoms with van der Waals surface area (Å²) >= 11 is 0. The number of aliphatic hydroxyl groups excluding tert-OH is 1. The minimum atomic E-state index is -0.204. The van der Waals surface area contributed by atoms with Gasteiger partial charge in [0.05, 0.1) is 6.10 Å². The lowest BCUT2D eigenvalue weighted by Crippen LogP contribution is -2.50. The van der Waals surface area contributed by atoms with E-state index in [1.807, 2.05) is 35.2 Å². The first-order valence-corrected chi connectivity index (χ1v) is 9.80. The summed E-state index contributed by atoms with van der Waals surface area (Å²) in [6.07, 6.45) is 7.47. The number of ether oxygens (including phenoxy) is 1. The summed E-state index contributed by atoms with van der Waals surface area (Å²) in [7, 11) is 0. The van der Waals surface area contributed by atoms with Gasteiger partial charge < -0.3 is 14.7 Å². The van der Waals surface area contributed by atoms with Crippen molar-refractivity contribution in [3.8, 4) is 0 Å². The molecule has 3 rings (SSSR count). The van der Waals surface area contributed by atoms with Crippen molar-refractivity contribution < 1.29 is 14.6 Å². The van der Waals surface area contributed by atoms with Crippen molar-refractivity contribution in [2.45, 2.75) is 83.1 Å². The average molecular weight is 345 g/mol. The molecule has 2 aliphatic carbocycles. The maximum absolute atomic E-state index is 12.9. The second kappa shape index (κ2) is 8.70. The number of hydrogen-bond acceptors (Lipinski definition) is 3. The minimum Gasteiger partial charge on any atom is -0.445 e. The lowest BCUT2D eigenvalue weighted by atomic mass is 9.84. The van der Waals surface area contributed by atoms with Crippen LogP contribution in [0.2, 0.25) is 0 Å². The van der Waals surface area contributed by atoms with Gasteiger partial charge in [-0.05, 0) is 62.8 Å². The fourth-order valence-corrected chi connectivity index (χ4v) is 4.25. The Hall–Kier alpha value is -1.55. The van der Waals surface area contributed by atoms with Crippen molar-refractivity contribution in [2.75, 3.05) is 0 Å². The molecule has 138 valence electrons. The number of rotatable bonds is 4. The Labute approximate surface area is 151 Å². The molecular weight excluding hydrogens is 314 g/mol. The van der Waals surface area contributed by atoms with Crippen LogP contribution in [0, 0.1) is 5.92 Å². The monoisotopic (exact) mass is 345 g/mol. The molecule has 0 heterocycles. The Morgan fingerprint density at radius 1 is 1.00 bits per heavy atom. The molecule has 25 heavy (non-hydrogen) atoms. The van der Waals surface area contributed by atoms with Crippen molar-refractivity contribution in [1.82, 2.24) is 4.90 Å². The van der Waals surface area contributed by atoms with E-state index >= 15 is 0 Å². The molecule has 0 bridgehead atoms. The molecule has 0 atom stereocenters. The first-order chi connectivity index (χ1) is 12.1. The lowest BCUT2D eigenvalue weighted by Gasteiger charge is -2.42. The van der Waals surface area contributed by atoms with E-state index in [1.54, 1.807) is 0 Å². The molecule has 2 aliphatic rings. The first kappa shape index (κ1) is 18.2. The van der Waals surface area contributed by atoms with Gasteiger partial charge in [-0.1, -0.05) is 37.3 Å². The zero-order chi connectivity index (χ0) is 17.6. The van der Waals surface area contributed by atoms with E-state index in [2.05, 4.69) is 6.92 Å². The van der Waals surface area contributed by atoms with Crippen LogP contribution in [-0.2, 0) is 11.3 Å². The number of benzene rings is 1. The zero-order valence-corrected chi connectivity index (χ0v) is 15.3. The number of aliphatic hydroxyl groups is 1. The highest BCUT2D eigenvalue weighted by Crippen LogP contribution is 2.33. The van der Waals surface area contributed by atoms with Gasteiger partial charge in [-0.25, -0.2) is 4.79 Å². The third-order valence-corrected chi connectivity index (χ3v) is 5.85. The summed E-state index contributed by atoms with van der Waals surface area (Å²) in [5, 5.41) is 9.81. The Bertz CT molecular complexity index is 509.